The van der Waals surface area contributed by atoms with Crippen LogP contribution in [-0.4, -0.2) is 17.6 Å². The van der Waals surface area contributed by atoms with Crippen molar-refractivity contribution in [3.63, 3.8) is 0 Å². The highest BCUT2D eigenvalue weighted by Crippen LogP contribution is 2.22. The Balaban J connectivity index is 2.26. The zero-order valence-corrected chi connectivity index (χ0v) is 11.9. The van der Waals surface area contributed by atoms with Gasteiger partial charge in [-0.1, -0.05) is 36.4 Å². The van der Waals surface area contributed by atoms with Gasteiger partial charge in [-0.2, -0.15) is 0 Å². The molecule has 0 spiro atoms. The Kier molecular flexibility index (Phi) is 4.93. The first-order valence-corrected chi connectivity index (χ1v) is 6.83. The number of anilines is 1. The molecule has 0 bridgehead atoms. The van der Waals surface area contributed by atoms with Crippen LogP contribution in [0.15, 0.2) is 48.5 Å². The van der Waals surface area contributed by atoms with Crippen LogP contribution >= 0.6 is 0 Å². The molecule has 3 nitrogen and oxygen atoms in total. The van der Waals surface area contributed by atoms with Gasteiger partial charge in [0.2, 0.25) is 0 Å². The molecule has 0 saturated heterocycles. The average Bonchev–Trinajstić information content (AvgIpc) is 2.46. The maximum atomic E-state index is 13.8. The molecule has 0 aliphatic carbocycles. The summed E-state index contributed by atoms with van der Waals surface area (Å²) in [6.07, 6.45) is 0.0167. The van der Waals surface area contributed by atoms with E-state index in [9.17, 15) is 9.18 Å². The molecule has 4 heteroatoms. The second kappa shape index (κ2) is 6.88. The molecule has 0 aliphatic heterocycles. The van der Waals surface area contributed by atoms with Crippen LogP contribution in [0.2, 0.25) is 0 Å². The van der Waals surface area contributed by atoms with E-state index in [1.165, 1.54) is 6.07 Å². The number of hydrogen-bond acceptors (Lipinski definition) is 2. The predicted octanol–water partition coefficient (Wildman–Crippen LogP) is 3.62. The molecular formula is C17H18FNO2. The van der Waals surface area contributed by atoms with E-state index in [1.807, 2.05) is 36.1 Å². The van der Waals surface area contributed by atoms with Crippen LogP contribution in [0.25, 0.3) is 0 Å². The third-order valence-electron chi connectivity index (χ3n) is 3.37. The zero-order chi connectivity index (χ0) is 15.2. The third kappa shape index (κ3) is 4.05. The molecule has 2 aromatic carbocycles. The number of hydrogen-bond donors (Lipinski definition) is 1. The van der Waals surface area contributed by atoms with E-state index < -0.39 is 5.97 Å². The average molecular weight is 287 g/mol. The smallest absolute Gasteiger partial charge is 0.305 e. The second-order valence-corrected chi connectivity index (χ2v) is 4.94. The number of aliphatic carboxylic acids is 1. The van der Waals surface area contributed by atoms with Crippen molar-refractivity contribution in [1.82, 2.24) is 0 Å². The van der Waals surface area contributed by atoms with E-state index in [0.29, 0.717) is 18.7 Å². The summed E-state index contributed by atoms with van der Waals surface area (Å²) in [4.78, 5) is 12.7. The fourth-order valence-electron chi connectivity index (χ4n) is 2.27. The molecule has 0 aromatic heterocycles. The predicted molar refractivity (Wildman–Crippen MR) is 80.9 cm³/mol. The summed E-state index contributed by atoms with van der Waals surface area (Å²) in [6.45, 7) is 2.66. The number of carboxylic acid groups (broad SMARTS) is 1. The van der Waals surface area contributed by atoms with Gasteiger partial charge in [-0.15, -0.1) is 0 Å². The molecule has 0 heterocycles. The second-order valence-electron chi connectivity index (χ2n) is 4.94. The lowest BCUT2D eigenvalue weighted by atomic mass is 10.1. The van der Waals surface area contributed by atoms with E-state index >= 15 is 0 Å². The lowest BCUT2D eigenvalue weighted by molar-refractivity contribution is -0.136. The highest BCUT2D eigenvalue weighted by Gasteiger charge is 2.13. The summed E-state index contributed by atoms with van der Waals surface area (Å²) < 4.78 is 13.8. The van der Waals surface area contributed by atoms with Crippen LogP contribution in [0.1, 0.15) is 17.5 Å². The largest absolute Gasteiger partial charge is 0.481 e. The van der Waals surface area contributed by atoms with Crippen LogP contribution in [0.5, 0.6) is 0 Å². The molecule has 2 aromatic rings. The Hall–Kier alpha value is -2.36. The quantitative estimate of drug-likeness (QED) is 0.882. The van der Waals surface area contributed by atoms with Crippen molar-refractivity contribution in [3.8, 4) is 0 Å². The molecule has 0 saturated carbocycles. The molecule has 21 heavy (non-hydrogen) atoms. The minimum atomic E-state index is -0.859. The summed E-state index contributed by atoms with van der Waals surface area (Å²) in [7, 11) is 0. The van der Waals surface area contributed by atoms with Crippen LogP contribution in [0.4, 0.5) is 10.1 Å². The first kappa shape index (κ1) is 15.0. The number of halogens is 1. The van der Waals surface area contributed by atoms with Gasteiger partial charge in [0.25, 0.3) is 0 Å². The Morgan fingerprint density at radius 1 is 1.14 bits per heavy atom. The molecular weight excluding hydrogens is 269 g/mol. The van der Waals surface area contributed by atoms with Crippen LogP contribution in [-0.2, 0) is 11.3 Å². The highest BCUT2D eigenvalue weighted by atomic mass is 19.1. The number of aryl methyl sites for hydroxylation is 1. The van der Waals surface area contributed by atoms with Gasteiger partial charge >= 0.3 is 5.97 Å². The molecule has 2 rings (SSSR count). The summed E-state index contributed by atoms with van der Waals surface area (Å²) in [5, 5.41) is 8.90. The lowest BCUT2D eigenvalue weighted by Gasteiger charge is -2.26. The van der Waals surface area contributed by atoms with Gasteiger partial charge in [0.15, 0.2) is 0 Å². The number of rotatable bonds is 6. The topological polar surface area (TPSA) is 40.5 Å². The summed E-state index contributed by atoms with van der Waals surface area (Å²) in [5.41, 5.74) is 2.53. The fraction of sp³-hybridized carbons (Fsp3) is 0.235. The summed E-state index contributed by atoms with van der Waals surface area (Å²) >= 11 is 0. The van der Waals surface area contributed by atoms with Crippen LogP contribution < -0.4 is 4.90 Å². The van der Waals surface area contributed by atoms with Gasteiger partial charge in [-0.25, -0.2) is 4.39 Å². The number of benzene rings is 2. The zero-order valence-electron chi connectivity index (χ0n) is 11.9. The number of para-hydroxylation sites is 1. The van der Waals surface area contributed by atoms with Gasteiger partial charge in [0.1, 0.15) is 5.82 Å². The lowest BCUT2D eigenvalue weighted by Crippen LogP contribution is -2.26. The number of carboxylic acids is 1. The van der Waals surface area contributed by atoms with Gasteiger partial charge in [0, 0.05) is 24.3 Å². The maximum Gasteiger partial charge on any atom is 0.305 e. The maximum absolute atomic E-state index is 13.8. The summed E-state index contributed by atoms with van der Waals surface area (Å²) in [5.74, 6) is -1.13. The van der Waals surface area contributed by atoms with E-state index in [2.05, 4.69) is 0 Å². The van der Waals surface area contributed by atoms with Crippen molar-refractivity contribution in [2.45, 2.75) is 19.9 Å². The highest BCUT2D eigenvalue weighted by molar-refractivity contribution is 5.68. The normalized spacial score (nSPS) is 10.4. The van der Waals surface area contributed by atoms with E-state index in [0.717, 1.165) is 11.3 Å². The van der Waals surface area contributed by atoms with Crippen molar-refractivity contribution in [2.24, 2.45) is 0 Å². The summed E-state index contributed by atoms with van der Waals surface area (Å²) in [6, 6.07) is 14.3. The Labute approximate surface area is 123 Å². The van der Waals surface area contributed by atoms with Crippen LogP contribution in [0, 0.1) is 12.7 Å². The molecule has 0 amide bonds. The fourth-order valence-corrected chi connectivity index (χ4v) is 2.27. The van der Waals surface area contributed by atoms with Gasteiger partial charge < -0.3 is 10.0 Å². The van der Waals surface area contributed by atoms with Crippen molar-refractivity contribution < 1.29 is 14.3 Å². The minimum Gasteiger partial charge on any atom is -0.481 e. The van der Waals surface area contributed by atoms with Crippen molar-refractivity contribution in [1.29, 1.82) is 0 Å². The molecule has 110 valence electrons. The molecule has 0 unspecified atom stereocenters. The van der Waals surface area contributed by atoms with E-state index in [-0.39, 0.29) is 12.2 Å². The Morgan fingerprint density at radius 3 is 2.48 bits per heavy atom. The van der Waals surface area contributed by atoms with Gasteiger partial charge in [-0.05, 0) is 24.6 Å². The third-order valence-corrected chi connectivity index (χ3v) is 3.37. The SMILES string of the molecule is Cc1ccccc1N(CCC(=O)O)Cc1ccccc1F. The first-order valence-electron chi connectivity index (χ1n) is 6.83. The molecule has 0 aliphatic rings. The molecule has 0 fully saturated rings. The molecule has 0 atom stereocenters. The first-order chi connectivity index (χ1) is 10.1. The van der Waals surface area contributed by atoms with Gasteiger partial charge in [-0.3, -0.25) is 4.79 Å². The van der Waals surface area contributed by atoms with Gasteiger partial charge in [0.05, 0.1) is 6.42 Å². The standard InChI is InChI=1S/C17H18FNO2/c1-13-6-2-5-9-16(13)19(11-10-17(20)21)12-14-7-3-4-8-15(14)18/h2-9H,10-12H2,1H3,(H,20,21). The Morgan fingerprint density at radius 2 is 1.81 bits per heavy atom. The van der Waals surface area contributed by atoms with E-state index in [1.54, 1.807) is 18.2 Å². The monoisotopic (exact) mass is 287 g/mol. The minimum absolute atomic E-state index is 0.0167. The van der Waals surface area contributed by atoms with Crippen molar-refractivity contribution in [3.05, 3.63) is 65.5 Å². The molecule has 0 radical (unpaired) electrons. The Bertz CT molecular complexity index is 628. The van der Waals surface area contributed by atoms with Crippen molar-refractivity contribution in [2.75, 3.05) is 11.4 Å². The van der Waals surface area contributed by atoms with E-state index in [4.69, 9.17) is 5.11 Å². The van der Waals surface area contributed by atoms with Crippen molar-refractivity contribution >= 4 is 11.7 Å². The van der Waals surface area contributed by atoms with Crippen LogP contribution in [0.3, 0.4) is 0 Å². The number of carbonyl (C=O) groups is 1. The molecule has 1 N–H and O–H groups in total. The number of nitrogens with zero attached hydrogens (tertiary/aromatic N) is 1.